The van der Waals surface area contributed by atoms with Gasteiger partial charge < -0.3 is 5.32 Å². The summed E-state index contributed by atoms with van der Waals surface area (Å²) in [6.07, 6.45) is 6.21. The highest BCUT2D eigenvalue weighted by Crippen LogP contribution is 2.57. The summed E-state index contributed by atoms with van der Waals surface area (Å²) in [4.78, 5) is 4.50. The molecule has 2 aliphatic carbocycles. The van der Waals surface area contributed by atoms with Crippen molar-refractivity contribution in [2.24, 2.45) is 4.99 Å². The Kier molecular flexibility index (Phi) is 2.25. The minimum atomic E-state index is 0.514. The maximum atomic E-state index is 6.31. The van der Waals surface area contributed by atoms with Crippen LogP contribution in [-0.4, -0.2) is 18.9 Å². The summed E-state index contributed by atoms with van der Waals surface area (Å²) in [6, 6.07) is 4.36. The standard InChI is InChI=1S/C15H17ClN2/c16-11-7-10(8-14-17-5-6-18-14)12-1-2-15(3-4-15)13(12)9-11/h7,9H,1-6,8H2,(H,17,18). The highest BCUT2D eigenvalue weighted by molar-refractivity contribution is 6.30. The van der Waals surface area contributed by atoms with Gasteiger partial charge in [-0.15, -0.1) is 0 Å². The van der Waals surface area contributed by atoms with Crippen LogP contribution in [0.25, 0.3) is 0 Å². The highest BCUT2D eigenvalue weighted by Gasteiger charge is 2.49. The van der Waals surface area contributed by atoms with Gasteiger partial charge in [-0.05, 0) is 59.9 Å². The quantitative estimate of drug-likeness (QED) is 0.869. The van der Waals surface area contributed by atoms with E-state index in [0.29, 0.717) is 5.41 Å². The Bertz CT molecular complexity index is 544. The third-order valence-electron chi connectivity index (χ3n) is 4.69. The fourth-order valence-corrected chi connectivity index (χ4v) is 3.78. The second-order valence-electron chi connectivity index (χ2n) is 5.80. The van der Waals surface area contributed by atoms with Crippen molar-refractivity contribution in [3.63, 3.8) is 0 Å². The van der Waals surface area contributed by atoms with E-state index in [1.54, 1.807) is 11.1 Å². The molecule has 2 nitrogen and oxygen atoms in total. The minimum Gasteiger partial charge on any atom is -0.372 e. The molecule has 3 aliphatic rings. The van der Waals surface area contributed by atoms with E-state index in [9.17, 15) is 0 Å². The molecule has 3 heteroatoms. The van der Waals surface area contributed by atoms with E-state index in [1.807, 2.05) is 0 Å². The molecule has 0 bridgehead atoms. The zero-order chi connectivity index (χ0) is 12.2. The zero-order valence-corrected chi connectivity index (χ0v) is 11.2. The molecule has 0 amide bonds. The van der Waals surface area contributed by atoms with Gasteiger partial charge in [0.15, 0.2) is 0 Å². The molecule has 0 atom stereocenters. The number of amidine groups is 1. The molecule has 1 saturated carbocycles. The lowest BCUT2D eigenvalue weighted by Crippen LogP contribution is -2.21. The van der Waals surface area contributed by atoms with Crippen LogP contribution in [0.15, 0.2) is 17.1 Å². The Morgan fingerprint density at radius 3 is 2.89 bits per heavy atom. The number of benzene rings is 1. The first-order valence-corrected chi connectivity index (χ1v) is 7.24. The molecule has 1 spiro atoms. The van der Waals surface area contributed by atoms with E-state index < -0.39 is 0 Å². The average molecular weight is 261 g/mol. The van der Waals surface area contributed by atoms with Crippen molar-refractivity contribution in [1.29, 1.82) is 0 Å². The molecule has 1 aliphatic heterocycles. The lowest BCUT2D eigenvalue weighted by Gasteiger charge is -2.13. The fraction of sp³-hybridized carbons (Fsp3) is 0.533. The van der Waals surface area contributed by atoms with Crippen molar-refractivity contribution in [3.05, 3.63) is 33.8 Å². The summed E-state index contributed by atoms with van der Waals surface area (Å²) >= 11 is 6.31. The van der Waals surface area contributed by atoms with Gasteiger partial charge in [0.1, 0.15) is 5.84 Å². The number of rotatable bonds is 2. The van der Waals surface area contributed by atoms with E-state index in [4.69, 9.17) is 11.6 Å². The van der Waals surface area contributed by atoms with Gasteiger partial charge in [0, 0.05) is 18.0 Å². The predicted octanol–water partition coefficient (Wildman–Crippen LogP) is 2.86. The molecule has 0 radical (unpaired) electrons. The first-order chi connectivity index (χ1) is 8.77. The van der Waals surface area contributed by atoms with Crippen LogP contribution in [-0.2, 0) is 18.3 Å². The SMILES string of the molecule is Clc1cc(CC2=NCCN2)c2c(c1)C1(CC2)CC1. The first kappa shape index (κ1) is 10.9. The lowest BCUT2D eigenvalue weighted by molar-refractivity contribution is 0.681. The largest absolute Gasteiger partial charge is 0.372 e. The monoisotopic (exact) mass is 260 g/mol. The zero-order valence-electron chi connectivity index (χ0n) is 10.4. The molecule has 1 fully saturated rings. The van der Waals surface area contributed by atoms with Crippen molar-refractivity contribution in [2.75, 3.05) is 13.1 Å². The van der Waals surface area contributed by atoms with Crippen molar-refractivity contribution in [3.8, 4) is 0 Å². The number of nitrogens with one attached hydrogen (secondary N) is 1. The topological polar surface area (TPSA) is 24.4 Å². The Morgan fingerprint density at radius 1 is 1.28 bits per heavy atom. The number of hydrogen-bond donors (Lipinski definition) is 1. The van der Waals surface area contributed by atoms with E-state index in [2.05, 4.69) is 22.4 Å². The molecule has 1 aromatic carbocycles. The van der Waals surface area contributed by atoms with Crippen LogP contribution in [0.2, 0.25) is 5.02 Å². The molecule has 1 aromatic rings. The Balaban J connectivity index is 1.75. The predicted molar refractivity (Wildman–Crippen MR) is 74.7 cm³/mol. The summed E-state index contributed by atoms with van der Waals surface area (Å²) in [7, 11) is 0. The van der Waals surface area contributed by atoms with E-state index in [0.717, 1.165) is 30.4 Å². The molecule has 0 saturated heterocycles. The number of aliphatic imine (C=N–C) groups is 1. The molecule has 18 heavy (non-hydrogen) atoms. The van der Waals surface area contributed by atoms with Gasteiger partial charge >= 0.3 is 0 Å². The van der Waals surface area contributed by atoms with Gasteiger partial charge in [0.25, 0.3) is 0 Å². The third kappa shape index (κ3) is 1.58. The van der Waals surface area contributed by atoms with Crippen molar-refractivity contribution in [1.82, 2.24) is 5.32 Å². The van der Waals surface area contributed by atoms with Crippen molar-refractivity contribution < 1.29 is 0 Å². The van der Waals surface area contributed by atoms with Gasteiger partial charge in [-0.3, -0.25) is 4.99 Å². The summed E-state index contributed by atoms with van der Waals surface area (Å²) in [6.45, 7) is 1.91. The van der Waals surface area contributed by atoms with E-state index in [-0.39, 0.29) is 0 Å². The van der Waals surface area contributed by atoms with Crippen LogP contribution in [0.1, 0.15) is 36.0 Å². The molecular weight excluding hydrogens is 244 g/mol. The van der Waals surface area contributed by atoms with Gasteiger partial charge in [-0.1, -0.05) is 11.6 Å². The van der Waals surface area contributed by atoms with Crippen LogP contribution in [0, 0.1) is 0 Å². The normalized spacial score (nSPS) is 22.8. The molecular formula is C15H17ClN2. The molecule has 0 unspecified atom stereocenters. The van der Waals surface area contributed by atoms with Crippen molar-refractivity contribution in [2.45, 2.75) is 37.5 Å². The van der Waals surface area contributed by atoms with Gasteiger partial charge in [0.2, 0.25) is 0 Å². The number of nitrogens with zero attached hydrogens (tertiary/aromatic N) is 1. The van der Waals surface area contributed by atoms with Crippen LogP contribution in [0.5, 0.6) is 0 Å². The van der Waals surface area contributed by atoms with Crippen LogP contribution < -0.4 is 5.32 Å². The Labute approximate surface area is 112 Å². The van der Waals surface area contributed by atoms with Gasteiger partial charge in [-0.2, -0.15) is 0 Å². The van der Waals surface area contributed by atoms with Gasteiger partial charge in [0.05, 0.1) is 6.54 Å². The third-order valence-corrected chi connectivity index (χ3v) is 4.91. The van der Waals surface area contributed by atoms with Gasteiger partial charge in [-0.25, -0.2) is 0 Å². The summed E-state index contributed by atoms with van der Waals surface area (Å²) in [5.41, 5.74) is 5.02. The number of hydrogen-bond acceptors (Lipinski definition) is 2. The molecule has 94 valence electrons. The fourth-order valence-electron chi connectivity index (χ4n) is 3.53. The molecule has 1 N–H and O–H groups in total. The molecule has 4 rings (SSSR count). The maximum Gasteiger partial charge on any atom is 0.101 e. The number of fused-ring (bicyclic) bond motifs is 2. The summed E-state index contributed by atoms with van der Waals surface area (Å²) in [5.74, 6) is 1.14. The summed E-state index contributed by atoms with van der Waals surface area (Å²) in [5, 5.41) is 4.26. The number of halogens is 1. The highest BCUT2D eigenvalue weighted by atomic mass is 35.5. The first-order valence-electron chi connectivity index (χ1n) is 6.86. The Hall–Kier alpha value is -1.02. The molecule has 0 aromatic heterocycles. The second kappa shape index (κ2) is 3.74. The smallest absolute Gasteiger partial charge is 0.101 e. The summed E-state index contributed by atoms with van der Waals surface area (Å²) < 4.78 is 0. The van der Waals surface area contributed by atoms with Crippen molar-refractivity contribution >= 4 is 17.4 Å². The lowest BCUT2D eigenvalue weighted by atomic mass is 9.95. The van der Waals surface area contributed by atoms with E-state index >= 15 is 0 Å². The average Bonchev–Trinajstić information content (AvgIpc) is 2.78. The molecule has 1 heterocycles. The maximum absolute atomic E-state index is 6.31. The Morgan fingerprint density at radius 2 is 2.17 bits per heavy atom. The minimum absolute atomic E-state index is 0.514. The van der Waals surface area contributed by atoms with E-state index in [1.165, 1.54) is 31.2 Å². The van der Waals surface area contributed by atoms with Crippen LogP contribution >= 0.6 is 11.6 Å². The van der Waals surface area contributed by atoms with Crippen LogP contribution in [0.4, 0.5) is 0 Å². The van der Waals surface area contributed by atoms with Crippen LogP contribution in [0.3, 0.4) is 0 Å². The second-order valence-corrected chi connectivity index (χ2v) is 6.24.